The van der Waals surface area contributed by atoms with Gasteiger partial charge in [-0.25, -0.2) is 8.42 Å². The van der Waals surface area contributed by atoms with E-state index < -0.39 is 31.7 Å². The molecule has 1 N–H and O–H groups in total. The number of carbonyl (C=O) groups excluding carboxylic acids is 1. The monoisotopic (exact) mass is 428 g/mol. The number of alkyl halides is 3. The number of sulfonamides is 1. The fraction of sp³-hybridized carbons (Fsp3) is 0.562. The van der Waals surface area contributed by atoms with Crippen LogP contribution in [0.25, 0.3) is 0 Å². The molecule has 152 valence electrons. The highest BCUT2D eigenvalue weighted by atomic mass is 35.5. The zero-order valence-electron chi connectivity index (χ0n) is 14.5. The van der Waals surface area contributed by atoms with Crippen LogP contribution >= 0.6 is 11.6 Å². The number of halogens is 4. The largest absolute Gasteiger partial charge is 0.417 e. The predicted molar refractivity (Wildman–Crippen MR) is 92.7 cm³/mol. The second-order valence-electron chi connectivity index (χ2n) is 6.30. The first-order valence-corrected chi connectivity index (χ1v) is 10.0. The van der Waals surface area contributed by atoms with Crippen molar-refractivity contribution in [3.63, 3.8) is 0 Å². The highest BCUT2D eigenvalue weighted by Crippen LogP contribution is 2.36. The lowest BCUT2D eigenvalue weighted by molar-refractivity contribution is -0.138. The van der Waals surface area contributed by atoms with Gasteiger partial charge in [0.1, 0.15) is 0 Å². The maximum Gasteiger partial charge on any atom is 0.417 e. The maximum absolute atomic E-state index is 13.0. The van der Waals surface area contributed by atoms with E-state index in [1.54, 1.807) is 7.05 Å². The first-order chi connectivity index (χ1) is 12.5. The van der Waals surface area contributed by atoms with Crippen LogP contribution < -0.4 is 0 Å². The van der Waals surface area contributed by atoms with E-state index in [2.05, 4.69) is 0 Å². The van der Waals surface area contributed by atoms with E-state index in [9.17, 15) is 26.4 Å². The van der Waals surface area contributed by atoms with Crippen LogP contribution in [0.3, 0.4) is 0 Å². The number of likely N-dealkylation sites (N-methyl/N-ethyl adjacent to an activating group) is 1. The Kier molecular flexibility index (Phi) is 6.77. The maximum atomic E-state index is 13.0. The molecular weight excluding hydrogens is 409 g/mol. The van der Waals surface area contributed by atoms with Crippen molar-refractivity contribution in [2.24, 2.45) is 5.92 Å². The summed E-state index contributed by atoms with van der Waals surface area (Å²) in [5.74, 6) is -0.573. The Balaban J connectivity index is 2.15. The van der Waals surface area contributed by atoms with Gasteiger partial charge in [-0.3, -0.25) is 4.79 Å². The number of aliphatic hydroxyl groups excluding tert-OH is 1. The minimum atomic E-state index is -4.76. The Bertz CT molecular complexity index is 793. The zero-order valence-corrected chi connectivity index (χ0v) is 16.1. The third-order valence-corrected chi connectivity index (χ3v) is 6.72. The normalized spacial score (nSPS) is 17.1. The van der Waals surface area contributed by atoms with Crippen molar-refractivity contribution in [1.82, 2.24) is 9.21 Å². The molecule has 0 atom stereocenters. The molecule has 0 saturated carbocycles. The number of piperidine rings is 1. The van der Waals surface area contributed by atoms with Gasteiger partial charge < -0.3 is 10.0 Å². The molecule has 11 heteroatoms. The second-order valence-corrected chi connectivity index (χ2v) is 8.65. The van der Waals surface area contributed by atoms with Gasteiger partial charge >= 0.3 is 6.18 Å². The van der Waals surface area contributed by atoms with Gasteiger partial charge in [-0.2, -0.15) is 17.5 Å². The Morgan fingerprint density at radius 2 is 1.93 bits per heavy atom. The van der Waals surface area contributed by atoms with Crippen molar-refractivity contribution in [2.45, 2.75) is 23.9 Å². The molecule has 1 aliphatic rings. The van der Waals surface area contributed by atoms with Crippen molar-refractivity contribution >= 4 is 27.5 Å². The highest BCUT2D eigenvalue weighted by Gasteiger charge is 2.37. The lowest BCUT2D eigenvalue weighted by Crippen LogP contribution is -2.44. The summed E-state index contributed by atoms with van der Waals surface area (Å²) in [5, 5.41) is 8.32. The topological polar surface area (TPSA) is 77.9 Å². The molecular formula is C16H20ClF3N2O4S. The quantitative estimate of drug-likeness (QED) is 0.780. The second kappa shape index (κ2) is 8.34. The average molecular weight is 429 g/mol. The van der Waals surface area contributed by atoms with Gasteiger partial charge in [0.15, 0.2) is 0 Å². The first kappa shape index (κ1) is 21.9. The number of benzene rings is 1. The molecule has 0 bridgehead atoms. The van der Waals surface area contributed by atoms with Gasteiger partial charge in [0.2, 0.25) is 15.9 Å². The molecule has 1 heterocycles. The molecule has 0 aromatic heterocycles. The van der Waals surface area contributed by atoms with E-state index in [-0.39, 0.29) is 50.9 Å². The zero-order chi connectivity index (χ0) is 20.4. The average Bonchev–Trinajstić information content (AvgIpc) is 2.60. The molecule has 0 unspecified atom stereocenters. The van der Waals surface area contributed by atoms with Crippen LogP contribution in [0.15, 0.2) is 23.1 Å². The van der Waals surface area contributed by atoms with Crippen molar-refractivity contribution in [3.05, 3.63) is 28.8 Å². The van der Waals surface area contributed by atoms with Crippen molar-refractivity contribution in [2.75, 3.05) is 33.3 Å². The highest BCUT2D eigenvalue weighted by molar-refractivity contribution is 7.89. The smallest absolute Gasteiger partial charge is 0.395 e. The SMILES string of the molecule is CN(CCO)C(=O)C1CCN(S(=O)(=O)c2ccc(Cl)c(C(F)(F)F)c2)CC1. The minimum absolute atomic E-state index is 0.0235. The molecule has 0 aliphatic carbocycles. The van der Waals surface area contributed by atoms with Gasteiger partial charge in [0, 0.05) is 32.6 Å². The lowest BCUT2D eigenvalue weighted by atomic mass is 9.97. The molecule has 0 radical (unpaired) electrons. The summed E-state index contributed by atoms with van der Waals surface area (Å²) in [5.41, 5.74) is -1.21. The Labute approximate surface area is 160 Å². The van der Waals surface area contributed by atoms with Crippen LogP contribution in [0.1, 0.15) is 18.4 Å². The number of aliphatic hydroxyl groups is 1. The van der Waals surface area contributed by atoms with Crippen LogP contribution in [-0.2, 0) is 21.0 Å². The summed E-state index contributed by atoms with van der Waals surface area (Å²) >= 11 is 5.54. The molecule has 1 aliphatic heterocycles. The number of amides is 1. The molecule has 1 aromatic carbocycles. The molecule has 6 nitrogen and oxygen atoms in total. The van der Waals surface area contributed by atoms with E-state index in [0.29, 0.717) is 6.07 Å². The van der Waals surface area contributed by atoms with E-state index in [0.717, 1.165) is 16.4 Å². The van der Waals surface area contributed by atoms with Crippen LogP contribution in [-0.4, -0.2) is 61.9 Å². The molecule has 1 fully saturated rings. The number of hydrogen-bond acceptors (Lipinski definition) is 4. The Morgan fingerprint density at radius 1 is 1.33 bits per heavy atom. The number of nitrogens with zero attached hydrogens (tertiary/aromatic N) is 2. The molecule has 27 heavy (non-hydrogen) atoms. The van der Waals surface area contributed by atoms with Crippen LogP contribution in [0.4, 0.5) is 13.2 Å². The molecule has 2 rings (SSSR count). The van der Waals surface area contributed by atoms with Gasteiger partial charge in [-0.05, 0) is 31.0 Å². The van der Waals surface area contributed by atoms with E-state index in [1.165, 1.54) is 4.90 Å². The standard InChI is InChI=1S/C16H20ClF3N2O4S/c1-21(8-9-23)15(24)11-4-6-22(7-5-11)27(25,26)12-2-3-14(17)13(10-12)16(18,19)20/h2-3,10-11,23H,4-9H2,1H3. The van der Waals surface area contributed by atoms with Crippen LogP contribution in [0, 0.1) is 5.92 Å². The predicted octanol–water partition coefficient (Wildman–Crippen LogP) is 2.21. The summed E-state index contributed by atoms with van der Waals surface area (Å²) in [7, 11) is -2.58. The summed E-state index contributed by atoms with van der Waals surface area (Å²) < 4.78 is 65.4. The van der Waals surface area contributed by atoms with Gasteiger partial charge in [0.05, 0.1) is 22.1 Å². The molecule has 1 aromatic rings. The lowest BCUT2D eigenvalue weighted by Gasteiger charge is -2.32. The van der Waals surface area contributed by atoms with E-state index in [4.69, 9.17) is 16.7 Å². The van der Waals surface area contributed by atoms with Crippen LogP contribution in [0.2, 0.25) is 5.02 Å². The summed E-state index contributed by atoms with van der Waals surface area (Å²) in [6, 6.07) is 2.49. The molecule has 1 amide bonds. The number of rotatable bonds is 5. The van der Waals surface area contributed by atoms with E-state index in [1.807, 2.05) is 0 Å². The van der Waals surface area contributed by atoms with Crippen molar-refractivity contribution < 1.29 is 31.5 Å². The van der Waals surface area contributed by atoms with Crippen molar-refractivity contribution in [3.8, 4) is 0 Å². The van der Waals surface area contributed by atoms with Gasteiger partial charge in [0.25, 0.3) is 0 Å². The molecule has 0 spiro atoms. The Hall–Kier alpha value is -1.36. The number of hydrogen-bond donors (Lipinski definition) is 1. The third kappa shape index (κ3) is 4.92. The van der Waals surface area contributed by atoms with E-state index >= 15 is 0 Å². The summed E-state index contributed by atoms with van der Waals surface area (Å²) in [6.45, 7) is 0.0568. The van der Waals surface area contributed by atoms with Crippen molar-refractivity contribution in [1.29, 1.82) is 0 Å². The fourth-order valence-corrected chi connectivity index (χ4v) is 4.67. The minimum Gasteiger partial charge on any atom is -0.395 e. The first-order valence-electron chi connectivity index (χ1n) is 8.21. The number of carbonyl (C=O) groups is 1. The Morgan fingerprint density at radius 3 is 2.44 bits per heavy atom. The van der Waals surface area contributed by atoms with Gasteiger partial charge in [-0.1, -0.05) is 11.6 Å². The van der Waals surface area contributed by atoms with Crippen LogP contribution in [0.5, 0.6) is 0 Å². The fourth-order valence-electron chi connectivity index (χ4n) is 2.95. The summed E-state index contributed by atoms with van der Waals surface area (Å²) in [6.07, 6.45) is -4.25. The summed E-state index contributed by atoms with van der Waals surface area (Å²) in [4.78, 5) is 13.1. The van der Waals surface area contributed by atoms with Gasteiger partial charge in [-0.15, -0.1) is 0 Å². The third-order valence-electron chi connectivity index (χ3n) is 4.50. The molecule has 1 saturated heterocycles.